The van der Waals surface area contributed by atoms with Gasteiger partial charge in [-0.15, -0.1) is 0 Å². The van der Waals surface area contributed by atoms with Crippen molar-refractivity contribution in [2.45, 2.75) is 19.9 Å². The Morgan fingerprint density at radius 1 is 1.17 bits per heavy atom. The van der Waals surface area contributed by atoms with Gasteiger partial charge in [-0.1, -0.05) is 24.3 Å². The van der Waals surface area contributed by atoms with E-state index < -0.39 is 0 Å². The summed E-state index contributed by atoms with van der Waals surface area (Å²) in [5.41, 5.74) is 2.37. The van der Waals surface area contributed by atoms with E-state index in [1.54, 1.807) is 13.0 Å². The maximum absolute atomic E-state index is 13.2. The summed E-state index contributed by atoms with van der Waals surface area (Å²) in [4.78, 5) is 12.1. The zero-order valence-corrected chi connectivity index (χ0v) is 13.1. The lowest BCUT2D eigenvalue weighted by Gasteiger charge is -2.09. The molecule has 118 valence electrons. The van der Waals surface area contributed by atoms with E-state index in [1.165, 1.54) is 23.0 Å². The molecular weight excluding hydrogens is 291 g/mol. The molecule has 4 heteroatoms. The summed E-state index contributed by atoms with van der Waals surface area (Å²) in [6, 6.07) is 14.6. The zero-order valence-electron chi connectivity index (χ0n) is 13.1. The van der Waals surface area contributed by atoms with Crippen LogP contribution in [0.25, 0.3) is 10.9 Å². The number of carbonyl (C=O) groups excluding carboxylic acids is 1. The molecular formula is C19H19FN2O. The Bertz CT molecular complexity index is 838. The molecule has 0 radical (unpaired) electrons. The number of aryl methyl sites for hydroxylation is 2. The Morgan fingerprint density at radius 2 is 2.00 bits per heavy atom. The first-order valence-electron chi connectivity index (χ1n) is 7.73. The number of aromatic nitrogens is 1. The Balaban J connectivity index is 1.55. The minimum absolute atomic E-state index is 0.223. The van der Waals surface area contributed by atoms with Crippen LogP contribution >= 0.6 is 0 Å². The highest BCUT2D eigenvalue weighted by atomic mass is 19.1. The molecule has 3 aromatic rings. The topological polar surface area (TPSA) is 34.0 Å². The van der Waals surface area contributed by atoms with Crippen molar-refractivity contribution in [2.24, 2.45) is 0 Å². The molecule has 2 aromatic carbocycles. The molecule has 0 saturated heterocycles. The molecule has 3 rings (SSSR count). The Hall–Kier alpha value is -2.62. The van der Waals surface area contributed by atoms with Crippen LogP contribution in [0, 0.1) is 12.7 Å². The fraction of sp³-hybridized carbons (Fsp3) is 0.211. The summed E-state index contributed by atoms with van der Waals surface area (Å²) in [6.45, 7) is 3.19. The Labute approximate surface area is 134 Å². The molecule has 0 saturated carbocycles. The number of hydrogen-bond acceptors (Lipinski definition) is 1. The van der Waals surface area contributed by atoms with Gasteiger partial charge in [0, 0.05) is 30.4 Å². The molecule has 0 spiro atoms. The van der Waals surface area contributed by atoms with Crippen molar-refractivity contribution >= 4 is 16.8 Å². The van der Waals surface area contributed by atoms with Crippen LogP contribution in [0.4, 0.5) is 4.39 Å². The Kier molecular flexibility index (Phi) is 4.42. The lowest BCUT2D eigenvalue weighted by molar-refractivity contribution is 0.0951. The number of carbonyl (C=O) groups is 1. The van der Waals surface area contributed by atoms with Crippen molar-refractivity contribution in [3.8, 4) is 0 Å². The van der Waals surface area contributed by atoms with Gasteiger partial charge < -0.3 is 9.88 Å². The second-order valence-electron chi connectivity index (χ2n) is 5.64. The van der Waals surface area contributed by atoms with Crippen molar-refractivity contribution in [2.75, 3.05) is 6.54 Å². The third kappa shape index (κ3) is 3.42. The molecule has 0 bridgehead atoms. The van der Waals surface area contributed by atoms with Crippen LogP contribution in [0.5, 0.6) is 0 Å². The highest BCUT2D eigenvalue weighted by molar-refractivity contribution is 5.95. The number of hydrogen-bond donors (Lipinski definition) is 1. The van der Waals surface area contributed by atoms with Gasteiger partial charge in [0.2, 0.25) is 0 Å². The van der Waals surface area contributed by atoms with E-state index in [9.17, 15) is 9.18 Å². The molecule has 23 heavy (non-hydrogen) atoms. The van der Waals surface area contributed by atoms with Crippen LogP contribution in [0.15, 0.2) is 54.7 Å². The summed E-state index contributed by atoms with van der Waals surface area (Å²) in [5.74, 6) is -0.612. The normalized spacial score (nSPS) is 10.9. The maximum Gasteiger partial charge on any atom is 0.251 e. The van der Waals surface area contributed by atoms with Gasteiger partial charge in [0.05, 0.1) is 0 Å². The molecule has 0 atom stereocenters. The SMILES string of the molecule is Cc1ccc(F)cc1C(=O)NCCCn1ccc2ccccc21. The molecule has 1 N–H and O–H groups in total. The van der Waals surface area contributed by atoms with Crippen LogP contribution in [-0.2, 0) is 6.54 Å². The number of rotatable bonds is 5. The van der Waals surface area contributed by atoms with Gasteiger partial charge in [0.15, 0.2) is 0 Å². The molecule has 1 amide bonds. The zero-order chi connectivity index (χ0) is 16.2. The van der Waals surface area contributed by atoms with Crippen LogP contribution in [0.1, 0.15) is 22.3 Å². The second-order valence-corrected chi connectivity index (χ2v) is 5.64. The van der Waals surface area contributed by atoms with Gasteiger partial charge in [-0.2, -0.15) is 0 Å². The minimum Gasteiger partial charge on any atom is -0.352 e. The van der Waals surface area contributed by atoms with Crippen molar-refractivity contribution < 1.29 is 9.18 Å². The minimum atomic E-state index is -0.389. The molecule has 0 fully saturated rings. The first-order valence-corrected chi connectivity index (χ1v) is 7.73. The quantitative estimate of drug-likeness (QED) is 0.712. The summed E-state index contributed by atoms with van der Waals surface area (Å²) in [7, 11) is 0. The largest absolute Gasteiger partial charge is 0.352 e. The van der Waals surface area contributed by atoms with Crippen LogP contribution < -0.4 is 5.32 Å². The van der Waals surface area contributed by atoms with E-state index in [0.29, 0.717) is 12.1 Å². The Morgan fingerprint density at radius 3 is 2.87 bits per heavy atom. The maximum atomic E-state index is 13.2. The average Bonchev–Trinajstić information content (AvgIpc) is 2.97. The predicted octanol–water partition coefficient (Wildman–Crippen LogP) is 3.91. The highest BCUT2D eigenvalue weighted by Crippen LogP contribution is 2.15. The molecule has 0 aliphatic rings. The standard InChI is InChI=1S/C19H19FN2O/c1-14-7-8-16(20)13-17(14)19(23)21-10-4-11-22-12-9-15-5-2-3-6-18(15)22/h2-3,5-9,12-13H,4,10-11H2,1H3,(H,21,23). The summed E-state index contributed by atoms with van der Waals surface area (Å²) >= 11 is 0. The van der Waals surface area contributed by atoms with Gasteiger partial charge in [-0.25, -0.2) is 4.39 Å². The fourth-order valence-electron chi connectivity index (χ4n) is 2.72. The lowest BCUT2D eigenvalue weighted by atomic mass is 10.1. The number of fused-ring (bicyclic) bond motifs is 1. The van der Waals surface area contributed by atoms with E-state index in [1.807, 2.05) is 12.1 Å². The van der Waals surface area contributed by atoms with Gasteiger partial charge in [0.1, 0.15) is 5.82 Å². The van der Waals surface area contributed by atoms with E-state index in [4.69, 9.17) is 0 Å². The smallest absolute Gasteiger partial charge is 0.251 e. The number of nitrogens with zero attached hydrogens (tertiary/aromatic N) is 1. The monoisotopic (exact) mass is 310 g/mol. The van der Waals surface area contributed by atoms with E-state index in [0.717, 1.165) is 18.5 Å². The third-order valence-corrected chi connectivity index (χ3v) is 3.99. The van der Waals surface area contributed by atoms with Crippen LogP contribution in [0.2, 0.25) is 0 Å². The van der Waals surface area contributed by atoms with E-state index in [-0.39, 0.29) is 11.7 Å². The third-order valence-electron chi connectivity index (χ3n) is 3.99. The summed E-state index contributed by atoms with van der Waals surface area (Å²) in [6.07, 6.45) is 2.88. The van der Waals surface area contributed by atoms with Gasteiger partial charge in [-0.3, -0.25) is 4.79 Å². The molecule has 0 unspecified atom stereocenters. The predicted molar refractivity (Wildman–Crippen MR) is 90.0 cm³/mol. The molecule has 0 aliphatic carbocycles. The van der Waals surface area contributed by atoms with Gasteiger partial charge >= 0.3 is 0 Å². The van der Waals surface area contributed by atoms with Crippen molar-refractivity contribution in [1.82, 2.24) is 9.88 Å². The second kappa shape index (κ2) is 6.65. The van der Waals surface area contributed by atoms with Crippen molar-refractivity contribution in [1.29, 1.82) is 0 Å². The van der Waals surface area contributed by atoms with E-state index >= 15 is 0 Å². The molecule has 1 aromatic heterocycles. The number of amides is 1. The molecule has 3 nitrogen and oxygen atoms in total. The van der Waals surface area contributed by atoms with Gasteiger partial charge in [0.25, 0.3) is 5.91 Å². The number of halogens is 1. The molecule has 1 heterocycles. The summed E-state index contributed by atoms with van der Waals surface area (Å²) in [5, 5.41) is 4.07. The fourth-order valence-corrected chi connectivity index (χ4v) is 2.72. The van der Waals surface area contributed by atoms with Crippen LogP contribution in [0.3, 0.4) is 0 Å². The number of para-hydroxylation sites is 1. The highest BCUT2D eigenvalue weighted by Gasteiger charge is 2.09. The van der Waals surface area contributed by atoms with Crippen molar-refractivity contribution in [3.05, 3.63) is 71.7 Å². The van der Waals surface area contributed by atoms with E-state index in [2.05, 4.69) is 34.3 Å². The first-order chi connectivity index (χ1) is 11.1. The summed E-state index contributed by atoms with van der Waals surface area (Å²) < 4.78 is 15.4. The van der Waals surface area contributed by atoms with Gasteiger partial charge in [-0.05, 0) is 48.6 Å². The molecule has 0 aliphatic heterocycles. The van der Waals surface area contributed by atoms with Crippen molar-refractivity contribution in [3.63, 3.8) is 0 Å². The number of benzene rings is 2. The first kappa shape index (κ1) is 15.3. The average molecular weight is 310 g/mol. The number of nitrogens with one attached hydrogen (secondary N) is 1. The van der Waals surface area contributed by atoms with Crippen LogP contribution in [-0.4, -0.2) is 17.0 Å². The lowest BCUT2D eigenvalue weighted by Crippen LogP contribution is -2.26.